The number of aromatic nitrogens is 4. The van der Waals surface area contributed by atoms with Gasteiger partial charge in [0.15, 0.2) is 5.65 Å². The van der Waals surface area contributed by atoms with Crippen LogP contribution in [0.5, 0.6) is 0 Å². The Morgan fingerprint density at radius 3 is 2.62 bits per heavy atom. The van der Waals surface area contributed by atoms with Gasteiger partial charge in [0.1, 0.15) is 17.4 Å². The van der Waals surface area contributed by atoms with E-state index < -0.39 is 30.2 Å². The lowest BCUT2D eigenvalue weighted by Gasteiger charge is -2.20. The van der Waals surface area contributed by atoms with Gasteiger partial charge in [-0.05, 0) is 19.1 Å². The Balaban J connectivity index is 2.11. The van der Waals surface area contributed by atoms with Gasteiger partial charge in [0, 0.05) is 6.42 Å². The molecule has 1 unspecified atom stereocenters. The molecule has 3 aromatic rings. The number of benzene rings is 1. The molecular weight excluding hydrogens is 376 g/mol. The summed E-state index contributed by atoms with van der Waals surface area (Å²) < 4.78 is 53.7. The molecule has 2 atom stereocenters. The molecule has 26 heavy (non-hydrogen) atoms. The monoisotopic (exact) mass is 388 g/mol. The summed E-state index contributed by atoms with van der Waals surface area (Å²) in [6, 6.07) is 6.61. The summed E-state index contributed by atoms with van der Waals surface area (Å²) in [4.78, 5) is 18.5. The molecule has 10 heteroatoms. The largest absolute Gasteiger partial charge is 0.395 e. The molecule has 1 aromatic carbocycles. The Bertz CT molecular complexity index is 996. The number of nitrogens with zero attached hydrogens (tertiary/aromatic N) is 3. The van der Waals surface area contributed by atoms with E-state index in [2.05, 4.69) is 15.1 Å². The fourth-order valence-corrected chi connectivity index (χ4v) is 2.82. The van der Waals surface area contributed by atoms with Crippen molar-refractivity contribution in [2.45, 2.75) is 25.7 Å². The molecular formula is C16H13ClF4N4O. The van der Waals surface area contributed by atoms with Crippen LogP contribution in [0.3, 0.4) is 0 Å². The minimum Gasteiger partial charge on any atom is -0.310 e. The molecule has 0 fully saturated rings. The van der Waals surface area contributed by atoms with Gasteiger partial charge in [-0.15, -0.1) is 0 Å². The predicted octanol–water partition coefficient (Wildman–Crippen LogP) is 3.84. The van der Waals surface area contributed by atoms with Gasteiger partial charge in [-0.25, -0.2) is 14.1 Å². The highest BCUT2D eigenvalue weighted by atomic mass is 35.5. The average Bonchev–Trinajstić information content (AvgIpc) is 2.96. The standard InChI is InChI=1S/C16H13ClF4N4O/c1-8(18)10(16(19,20)21)6-13-23-14-9(15(26)24-13)7-22-25(14)12-5-3-2-4-11(12)17/h2-5,7-8,10H,6H2,1H3,(H,23,24,26)/t8?,10-/m0/s1. The second-order valence-electron chi connectivity index (χ2n) is 5.79. The minimum absolute atomic E-state index is 0.0456. The molecule has 0 saturated heterocycles. The summed E-state index contributed by atoms with van der Waals surface area (Å²) in [6.45, 7) is 0.822. The van der Waals surface area contributed by atoms with Gasteiger partial charge in [-0.3, -0.25) is 4.79 Å². The summed E-state index contributed by atoms with van der Waals surface area (Å²) in [5, 5.41) is 4.46. The number of para-hydroxylation sites is 1. The van der Waals surface area contributed by atoms with Crippen LogP contribution in [0.2, 0.25) is 5.02 Å². The zero-order valence-corrected chi connectivity index (χ0v) is 14.1. The van der Waals surface area contributed by atoms with E-state index >= 15 is 0 Å². The Hall–Kier alpha value is -2.42. The van der Waals surface area contributed by atoms with Gasteiger partial charge in [0.25, 0.3) is 5.56 Å². The van der Waals surface area contributed by atoms with Crippen LogP contribution in [-0.2, 0) is 6.42 Å². The van der Waals surface area contributed by atoms with Gasteiger partial charge in [0.05, 0.1) is 22.8 Å². The summed E-state index contributed by atoms with van der Waals surface area (Å²) in [7, 11) is 0. The molecule has 2 aromatic heterocycles. The maximum Gasteiger partial charge on any atom is 0.395 e. The number of hydrogen-bond donors (Lipinski definition) is 1. The highest BCUT2D eigenvalue weighted by Crippen LogP contribution is 2.32. The molecule has 0 radical (unpaired) electrons. The van der Waals surface area contributed by atoms with Gasteiger partial charge in [0.2, 0.25) is 0 Å². The molecule has 0 aliphatic rings. The van der Waals surface area contributed by atoms with Crippen molar-refractivity contribution in [3.63, 3.8) is 0 Å². The molecule has 0 saturated carbocycles. The van der Waals surface area contributed by atoms with Crippen molar-refractivity contribution in [3.05, 3.63) is 51.7 Å². The smallest absolute Gasteiger partial charge is 0.310 e. The molecule has 1 N–H and O–H groups in total. The summed E-state index contributed by atoms with van der Waals surface area (Å²) >= 11 is 6.11. The number of alkyl halides is 4. The van der Waals surface area contributed by atoms with Crippen LogP contribution in [-0.4, -0.2) is 32.1 Å². The number of aromatic amines is 1. The summed E-state index contributed by atoms with van der Waals surface area (Å²) in [6.07, 6.45) is -6.46. The van der Waals surface area contributed by atoms with E-state index in [0.717, 1.165) is 6.92 Å². The highest BCUT2D eigenvalue weighted by Gasteiger charge is 2.44. The van der Waals surface area contributed by atoms with Crippen molar-refractivity contribution in [1.29, 1.82) is 0 Å². The van der Waals surface area contributed by atoms with E-state index in [1.807, 2.05) is 0 Å². The minimum atomic E-state index is -4.76. The van der Waals surface area contributed by atoms with Crippen LogP contribution in [0.4, 0.5) is 17.6 Å². The maximum absolute atomic E-state index is 13.4. The van der Waals surface area contributed by atoms with Crippen LogP contribution in [0.1, 0.15) is 12.7 Å². The summed E-state index contributed by atoms with van der Waals surface area (Å²) in [5.41, 5.74) is -0.195. The Labute approximate surface area is 149 Å². The second-order valence-corrected chi connectivity index (χ2v) is 6.19. The summed E-state index contributed by atoms with van der Waals surface area (Å²) in [5.74, 6) is -2.55. The topological polar surface area (TPSA) is 63.6 Å². The first kappa shape index (κ1) is 18.4. The van der Waals surface area contributed by atoms with Gasteiger partial charge in [-0.1, -0.05) is 23.7 Å². The van der Waals surface area contributed by atoms with Gasteiger partial charge >= 0.3 is 6.18 Å². The second kappa shape index (κ2) is 6.71. The number of rotatable bonds is 4. The Kier molecular flexibility index (Phi) is 4.74. The lowest BCUT2D eigenvalue weighted by atomic mass is 10.00. The number of hydrogen-bond acceptors (Lipinski definition) is 3. The van der Waals surface area contributed by atoms with Crippen molar-refractivity contribution in [2.75, 3.05) is 0 Å². The fourth-order valence-electron chi connectivity index (χ4n) is 2.61. The molecule has 5 nitrogen and oxygen atoms in total. The molecule has 2 heterocycles. The zero-order chi connectivity index (χ0) is 19.1. The van der Waals surface area contributed by atoms with E-state index in [4.69, 9.17) is 11.6 Å². The molecule has 0 aliphatic carbocycles. The fraction of sp³-hybridized carbons (Fsp3) is 0.312. The van der Waals surface area contributed by atoms with Gasteiger partial charge in [-0.2, -0.15) is 18.3 Å². The van der Waals surface area contributed by atoms with Crippen LogP contribution >= 0.6 is 11.6 Å². The third kappa shape index (κ3) is 3.44. The molecule has 138 valence electrons. The zero-order valence-electron chi connectivity index (χ0n) is 13.4. The predicted molar refractivity (Wildman–Crippen MR) is 88.3 cm³/mol. The molecule has 0 amide bonds. The van der Waals surface area contributed by atoms with Crippen LogP contribution < -0.4 is 5.56 Å². The Morgan fingerprint density at radius 1 is 1.31 bits per heavy atom. The van der Waals surface area contributed by atoms with Crippen LogP contribution in [0.15, 0.2) is 35.3 Å². The van der Waals surface area contributed by atoms with E-state index in [9.17, 15) is 22.4 Å². The van der Waals surface area contributed by atoms with E-state index in [-0.39, 0.29) is 16.9 Å². The SMILES string of the molecule is CC(F)[C@H](Cc1nc2c(cnn2-c2ccccc2Cl)c(=O)[nH]1)C(F)(F)F. The molecule has 0 aliphatic heterocycles. The maximum atomic E-state index is 13.4. The van der Waals surface area contributed by atoms with Gasteiger partial charge < -0.3 is 4.98 Å². The number of fused-ring (bicyclic) bond motifs is 1. The van der Waals surface area contributed by atoms with Crippen molar-refractivity contribution in [1.82, 2.24) is 19.7 Å². The third-order valence-electron chi connectivity index (χ3n) is 3.96. The Morgan fingerprint density at radius 2 is 2.00 bits per heavy atom. The van der Waals surface area contributed by atoms with Crippen LogP contribution in [0.25, 0.3) is 16.7 Å². The van der Waals surface area contributed by atoms with Crippen molar-refractivity contribution >= 4 is 22.6 Å². The molecule has 0 bridgehead atoms. The number of halogens is 5. The number of H-pyrrole nitrogens is 1. The van der Waals surface area contributed by atoms with E-state index in [1.165, 1.54) is 10.9 Å². The lowest BCUT2D eigenvalue weighted by molar-refractivity contribution is -0.189. The highest BCUT2D eigenvalue weighted by molar-refractivity contribution is 6.32. The first-order valence-corrected chi connectivity index (χ1v) is 7.99. The first-order valence-electron chi connectivity index (χ1n) is 7.61. The van der Waals surface area contributed by atoms with Crippen molar-refractivity contribution < 1.29 is 17.6 Å². The van der Waals surface area contributed by atoms with Crippen LogP contribution in [0, 0.1) is 5.92 Å². The van der Waals surface area contributed by atoms with E-state index in [0.29, 0.717) is 10.7 Å². The first-order chi connectivity index (χ1) is 12.2. The van der Waals surface area contributed by atoms with E-state index in [1.54, 1.807) is 24.3 Å². The number of nitrogens with one attached hydrogen (secondary N) is 1. The normalized spacial score (nSPS) is 14.5. The molecule has 0 spiro atoms. The quantitative estimate of drug-likeness (QED) is 0.691. The average molecular weight is 389 g/mol. The lowest BCUT2D eigenvalue weighted by Crippen LogP contribution is -2.33. The third-order valence-corrected chi connectivity index (χ3v) is 4.28. The van der Waals surface area contributed by atoms with Crippen molar-refractivity contribution in [2.24, 2.45) is 5.92 Å². The molecule has 3 rings (SSSR count). The van der Waals surface area contributed by atoms with Crippen molar-refractivity contribution in [3.8, 4) is 5.69 Å².